The van der Waals surface area contributed by atoms with Crippen LogP contribution in [-0.2, 0) is 9.53 Å². The fourth-order valence-corrected chi connectivity index (χ4v) is 1.20. The van der Waals surface area contributed by atoms with Crippen LogP contribution in [-0.4, -0.2) is 18.4 Å². The first-order chi connectivity index (χ1) is 5.47. The van der Waals surface area contributed by atoms with E-state index in [1.165, 1.54) is 0 Å². The minimum atomic E-state index is -1.12. The van der Waals surface area contributed by atoms with Gasteiger partial charge in [-0.05, 0) is 12.8 Å². The number of hydrogen-bond acceptors (Lipinski definition) is 5. The summed E-state index contributed by atoms with van der Waals surface area (Å²) in [6.45, 7) is 0.481. The summed E-state index contributed by atoms with van der Waals surface area (Å²) >= 11 is 0. The van der Waals surface area contributed by atoms with Crippen LogP contribution in [0.3, 0.4) is 0 Å². The Morgan fingerprint density at radius 2 is 2.17 bits per heavy atom. The lowest BCUT2D eigenvalue weighted by atomic mass is 10.0. The molecule has 5 heteroatoms. The molecule has 0 bridgehead atoms. The molecule has 0 aromatic carbocycles. The van der Waals surface area contributed by atoms with Crippen molar-refractivity contribution in [3.63, 3.8) is 0 Å². The quantitative estimate of drug-likeness (QED) is 0.369. The van der Waals surface area contributed by atoms with Crippen molar-refractivity contribution in [3.05, 3.63) is 0 Å². The highest BCUT2D eigenvalue weighted by atomic mass is 16.5. The molecule has 6 N–H and O–H groups in total. The Morgan fingerprint density at radius 3 is 2.58 bits per heavy atom. The fourth-order valence-electron chi connectivity index (χ4n) is 1.20. The van der Waals surface area contributed by atoms with E-state index < -0.39 is 5.79 Å². The maximum Gasteiger partial charge on any atom is 0.306 e. The summed E-state index contributed by atoms with van der Waals surface area (Å²) in [6.07, 6.45) is 1.72. The molecule has 0 aliphatic carbocycles. The second-order valence-corrected chi connectivity index (χ2v) is 3.40. The fraction of sp³-hybridized carbons (Fsp3) is 0.857. The van der Waals surface area contributed by atoms with Gasteiger partial charge >= 0.3 is 5.97 Å². The minimum absolute atomic E-state index is 0.142. The zero-order valence-corrected chi connectivity index (χ0v) is 6.95. The molecular formula is C7H15N3O2. The average molecular weight is 173 g/mol. The first-order valence-corrected chi connectivity index (χ1v) is 3.99. The minimum Gasteiger partial charge on any atom is -0.465 e. The second-order valence-electron chi connectivity index (χ2n) is 3.40. The summed E-state index contributed by atoms with van der Waals surface area (Å²) in [5.41, 5.74) is 16.1. The van der Waals surface area contributed by atoms with Gasteiger partial charge in [0.1, 0.15) is 5.79 Å². The first kappa shape index (κ1) is 9.44. The van der Waals surface area contributed by atoms with E-state index in [4.69, 9.17) is 21.9 Å². The predicted molar refractivity (Wildman–Crippen MR) is 43.6 cm³/mol. The Balaban J connectivity index is 2.20. The number of rotatable bonds is 3. The average Bonchev–Trinajstić information content (AvgIpc) is 2.30. The lowest BCUT2D eigenvalue weighted by Gasteiger charge is -2.19. The van der Waals surface area contributed by atoms with Crippen molar-refractivity contribution >= 4 is 5.97 Å². The number of nitrogens with two attached hydrogens (primary N) is 3. The summed E-state index contributed by atoms with van der Waals surface area (Å²) in [7, 11) is 0. The highest BCUT2D eigenvalue weighted by Crippen LogP contribution is 2.19. The van der Waals surface area contributed by atoms with Crippen LogP contribution in [0.4, 0.5) is 0 Å². The Morgan fingerprint density at radius 1 is 1.50 bits per heavy atom. The van der Waals surface area contributed by atoms with Crippen LogP contribution in [0.2, 0.25) is 0 Å². The van der Waals surface area contributed by atoms with Gasteiger partial charge in [-0.3, -0.25) is 4.79 Å². The van der Waals surface area contributed by atoms with Crippen LogP contribution in [0, 0.1) is 5.92 Å². The third-order valence-electron chi connectivity index (χ3n) is 1.92. The molecule has 1 unspecified atom stereocenters. The number of hydrogen-bond donors (Lipinski definition) is 3. The summed E-state index contributed by atoms with van der Waals surface area (Å²) in [4.78, 5) is 10.7. The van der Waals surface area contributed by atoms with Crippen molar-refractivity contribution in [3.8, 4) is 0 Å². The van der Waals surface area contributed by atoms with Crippen molar-refractivity contribution < 1.29 is 9.53 Å². The number of carbonyl (C=O) groups is 1. The van der Waals surface area contributed by atoms with Crippen LogP contribution >= 0.6 is 0 Å². The van der Waals surface area contributed by atoms with Crippen LogP contribution in [0.25, 0.3) is 0 Å². The molecule has 1 aliphatic rings. The van der Waals surface area contributed by atoms with Gasteiger partial charge in [0.2, 0.25) is 0 Å². The topological polar surface area (TPSA) is 104 Å². The van der Waals surface area contributed by atoms with E-state index in [0.29, 0.717) is 19.4 Å². The molecule has 0 radical (unpaired) electrons. The van der Waals surface area contributed by atoms with E-state index in [2.05, 4.69) is 0 Å². The van der Waals surface area contributed by atoms with Gasteiger partial charge < -0.3 is 21.9 Å². The molecule has 0 saturated carbocycles. The maximum absolute atomic E-state index is 10.7. The van der Waals surface area contributed by atoms with Crippen molar-refractivity contribution in [1.29, 1.82) is 0 Å². The van der Waals surface area contributed by atoms with Gasteiger partial charge in [0.25, 0.3) is 0 Å². The Kier molecular flexibility index (Phi) is 2.66. The SMILES string of the molecule is NC(N)(N)CCC1COC(=O)C1. The molecule has 0 amide bonds. The number of carbonyl (C=O) groups excluding carboxylic acids is 1. The summed E-state index contributed by atoms with van der Waals surface area (Å²) in [6, 6.07) is 0. The first-order valence-electron chi connectivity index (χ1n) is 3.99. The summed E-state index contributed by atoms with van der Waals surface area (Å²) in [5, 5.41) is 0. The second kappa shape index (κ2) is 3.38. The molecule has 12 heavy (non-hydrogen) atoms. The van der Waals surface area contributed by atoms with Crippen LogP contribution in [0.5, 0.6) is 0 Å². The third-order valence-corrected chi connectivity index (χ3v) is 1.92. The number of esters is 1. The van der Waals surface area contributed by atoms with Gasteiger partial charge in [0.05, 0.1) is 13.0 Å². The smallest absolute Gasteiger partial charge is 0.306 e. The van der Waals surface area contributed by atoms with Crippen LogP contribution in [0.15, 0.2) is 0 Å². The number of cyclic esters (lactones) is 1. The van der Waals surface area contributed by atoms with Gasteiger partial charge in [-0.2, -0.15) is 0 Å². The Hall–Kier alpha value is -0.650. The molecule has 1 heterocycles. The monoisotopic (exact) mass is 173 g/mol. The van der Waals surface area contributed by atoms with Crippen molar-refractivity contribution in [1.82, 2.24) is 0 Å². The lowest BCUT2D eigenvalue weighted by Crippen LogP contribution is -2.57. The van der Waals surface area contributed by atoms with Crippen molar-refractivity contribution in [2.75, 3.05) is 6.61 Å². The van der Waals surface area contributed by atoms with Gasteiger partial charge in [-0.15, -0.1) is 0 Å². The zero-order valence-electron chi connectivity index (χ0n) is 6.95. The highest BCUT2D eigenvalue weighted by Gasteiger charge is 2.25. The predicted octanol–water partition coefficient (Wildman–Crippen LogP) is -1.14. The molecule has 0 spiro atoms. The van der Waals surface area contributed by atoms with Gasteiger partial charge in [-0.1, -0.05) is 0 Å². The Labute approximate surface area is 71.2 Å². The molecular weight excluding hydrogens is 158 g/mol. The van der Waals surface area contributed by atoms with Crippen molar-refractivity contribution in [2.45, 2.75) is 25.0 Å². The molecule has 1 fully saturated rings. The molecule has 1 atom stereocenters. The van der Waals surface area contributed by atoms with Gasteiger partial charge in [0, 0.05) is 5.92 Å². The summed E-state index contributed by atoms with van der Waals surface area (Å²) < 4.78 is 4.77. The van der Waals surface area contributed by atoms with E-state index in [1.54, 1.807) is 0 Å². The largest absolute Gasteiger partial charge is 0.465 e. The van der Waals surface area contributed by atoms with E-state index in [9.17, 15) is 4.79 Å². The molecule has 70 valence electrons. The third kappa shape index (κ3) is 3.17. The molecule has 0 aromatic heterocycles. The van der Waals surface area contributed by atoms with Gasteiger partial charge in [-0.25, -0.2) is 0 Å². The summed E-state index contributed by atoms with van der Waals surface area (Å²) in [5.74, 6) is -1.02. The highest BCUT2D eigenvalue weighted by molar-refractivity contribution is 5.71. The van der Waals surface area contributed by atoms with E-state index in [-0.39, 0.29) is 11.9 Å². The van der Waals surface area contributed by atoms with E-state index >= 15 is 0 Å². The molecule has 1 saturated heterocycles. The van der Waals surface area contributed by atoms with E-state index in [1.807, 2.05) is 0 Å². The van der Waals surface area contributed by atoms with Crippen molar-refractivity contribution in [2.24, 2.45) is 23.1 Å². The van der Waals surface area contributed by atoms with E-state index in [0.717, 1.165) is 6.42 Å². The normalized spacial score (nSPS) is 24.2. The van der Waals surface area contributed by atoms with Gasteiger partial charge in [0.15, 0.2) is 0 Å². The molecule has 1 rings (SSSR count). The number of ether oxygens (including phenoxy) is 1. The lowest BCUT2D eigenvalue weighted by molar-refractivity contribution is -0.137. The van der Waals surface area contributed by atoms with Crippen LogP contribution < -0.4 is 17.2 Å². The maximum atomic E-state index is 10.7. The zero-order chi connectivity index (χ0) is 9.19. The molecule has 1 aliphatic heterocycles. The Bertz CT molecular complexity index is 176. The molecule has 0 aromatic rings. The standard InChI is InChI=1S/C7H15N3O2/c8-7(9,10)2-1-5-3-6(11)12-4-5/h5H,1-4,8-10H2. The molecule has 5 nitrogen and oxygen atoms in total. The van der Waals surface area contributed by atoms with Crippen LogP contribution in [0.1, 0.15) is 19.3 Å².